The van der Waals surface area contributed by atoms with E-state index in [1.54, 1.807) is 30.0 Å². The number of fused-ring (bicyclic) bond motifs is 3. The molecule has 8 nitrogen and oxygen atoms in total. The van der Waals surface area contributed by atoms with E-state index >= 15 is 0 Å². The summed E-state index contributed by atoms with van der Waals surface area (Å²) in [7, 11) is 1.55. The van der Waals surface area contributed by atoms with E-state index in [-0.39, 0.29) is 11.4 Å². The summed E-state index contributed by atoms with van der Waals surface area (Å²) in [6.45, 7) is 1.85. The van der Waals surface area contributed by atoms with Gasteiger partial charge in [0, 0.05) is 6.07 Å². The van der Waals surface area contributed by atoms with Crippen molar-refractivity contribution in [3.63, 3.8) is 0 Å². The summed E-state index contributed by atoms with van der Waals surface area (Å²) >= 11 is 0. The Morgan fingerprint density at radius 2 is 1.96 bits per heavy atom. The largest absolute Gasteiger partial charge is 0.870 e. The Balaban J connectivity index is 0.00000169. The Morgan fingerprint density at radius 3 is 2.67 bits per heavy atom. The third-order valence-electron chi connectivity index (χ3n) is 3.72. The van der Waals surface area contributed by atoms with Crippen LogP contribution in [0.4, 0.5) is 0 Å². The lowest BCUT2D eigenvalue weighted by molar-refractivity contribution is -0.556. The molecule has 122 valence electrons. The van der Waals surface area contributed by atoms with E-state index in [4.69, 9.17) is 4.74 Å². The Morgan fingerprint density at radius 1 is 1.17 bits per heavy atom. The van der Waals surface area contributed by atoms with E-state index in [9.17, 15) is 5.11 Å². The van der Waals surface area contributed by atoms with Gasteiger partial charge < -0.3 is 15.3 Å². The lowest BCUT2D eigenvalue weighted by atomic mass is 10.2. The number of hydrogen-bond donors (Lipinski definition) is 1. The highest BCUT2D eigenvalue weighted by Gasteiger charge is 2.26. The summed E-state index contributed by atoms with van der Waals surface area (Å²) in [4.78, 5) is 8.68. The number of nitrogens with zero attached hydrogens (tertiary/aromatic N) is 5. The van der Waals surface area contributed by atoms with Crippen molar-refractivity contribution in [2.45, 2.75) is 6.92 Å². The molecule has 24 heavy (non-hydrogen) atoms. The molecular weight excluding hydrogens is 310 g/mol. The van der Waals surface area contributed by atoms with Crippen LogP contribution in [0.25, 0.3) is 22.2 Å². The van der Waals surface area contributed by atoms with Gasteiger partial charge in [-0.1, -0.05) is 21.3 Å². The number of ether oxygens (including phenoxy) is 1. The molecule has 0 unspecified atom stereocenters. The number of benzene rings is 1. The molecular formula is C16H15N5O3. The Hall–Kier alpha value is -3.26. The Kier molecular flexibility index (Phi) is 3.74. The van der Waals surface area contributed by atoms with Gasteiger partial charge in [-0.2, -0.15) is 0 Å². The summed E-state index contributed by atoms with van der Waals surface area (Å²) < 4.78 is 8.18. The number of aromatic hydroxyl groups is 1. The van der Waals surface area contributed by atoms with Crippen LogP contribution in [0.2, 0.25) is 0 Å². The van der Waals surface area contributed by atoms with Crippen LogP contribution in [-0.4, -0.2) is 37.6 Å². The highest BCUT2D eigenvalue weighted by atomic mass is 16.5. The minimum atomic E-state index is 0. The fourth-order valence-electron chi connectivity index (χ4n) is 2.62. The van der Waals surface area contributed by atoms with E-state index in [1.807, 2.05) is 31.2 Å². The molecule has 1 aromatic carbocycles. The molecule has 0 saturated heterocycles. The van der Waals surface area contributed by atoms with Crippen LogP contribution in [0.15, 0.2) is 42.6 Å². The van der Waals surface area contributed by atoms with Crippen molar-refractivity contribution in [2.24, 2.45) is 0 Å². The van der Waals surface area contributed by atoms with Crippen molar-refractivity contribution in [1.29, 1.82) is 0 Å². The second-order valence-electron chi connectivity index (χ2n) is 5.13. The molecule has 0 atom stereocenters. The quantitative estimate of drug-likeness (QED) is 0.558. The van der Waals surface area contributed by atoms with Crippen LogP contribution < -0.4 is 9.25 Å². The predicted molar refractivity (Wildman–Crippen MR) is 84.7 cm³/mol. The smallest absolute Gasteiger partial charge is 0.361 e. The van der Waals surface area contributed by atoms with Crippen molar-refractivity contribution < 1.29 is 19.8 Å². The first-order valence-corrected chi connectivity index (χ1v) is 7.09. The lowest BCUT2D eigenvalue weighted by Crippen LogP contribution is -2.27. The van der Waals surface area contributed by atoms with Crippen LogP contribution in [0, 0.1) is 6.92 Å². The van der Waals surface area contributed by atoms with E-state index in [0.29, 0.717) is 22.8 Å². The second-order valence-corrected chi connectivity index (χ2v) is 5.13. The Bertz CT molecular complexity index is 1030. The van der Waals surface area contributed by atoms with Gasteiger partial charge in [0.2, 0.25) is 5.88 Å². The monoisotopic (exact) mass is 325 g/mol. The number of aromatic nitrogens is 5. The summed E-state index contributed by atoms with van der Waals surface area (Å²) in [5.41, 5.74) is 3.55. The van der Waals surface area contributed by atoms with Crippen LogP contribution in [0.3, 0.4) is 0 Å². The third kappa shape index (κ3) is 2.20. The molecule has 0 fully saturated rings. The number of hydrogen-bond acceptors (Lipinski definition) is 6. The summed E-state index contributed by atoms with van der Waals surface area (Å²) in [6, 6.07) is 11.2. The van der Waals surface area contributed by atoms with Gasteiger partial charge in [0.1, 0.15) is 10.7 Å². The zero-order chi connectivity index (χ0) is 16.0. The highest BCUT2D eigenvalue weighted by Crippen LogP contribution is 2.23. The average molecular weight is 325 g/mol. The molecule has 0 bridgehead atoms. The van der Waals surface area contributed by atoms with E-state index in [2.05, 4.69) is 15.2 Å². The first-order chi connectivity index (χ1) is 11.2. The summed E-state index contributed by atoms with van der Waals surface area (Å²) in [5.74, 6) is 0.522. The molecule has 0 aliphatic rings. The van der Waals surface area contributed by atoms with Crippen molar-refractivity contribution in [1.82, 2.24) is 19.9 Å². The first kappa shape index (κ1) is 15.6. The van der Waals surface area contributed by atoms with Gasteiger partial charge in [0.25, 0.3) is 5.52 Å². The van der Waals surface area contributed by atoms with Gasteiger partial charge in [0.15, 0.2) is 11.2 Å². The molecule has 0 saturated carbocycles. The zero-order valence-corrected chi connectivity index (χ0v) is 13.1. The van der Waals surface area contributed by atoms with E-state index in [1.165, 1.54) is 4.68 Å². The minimum absolute atomic E-state index is 0. The fraction of sp³-hybridized carbons (Fsp3) is 0.125. The normalized spacial score (nSPS) is 10.8. The molecule has 0 spiro atoms. The standard InChI is InChI=1S/C16H13N5O2.H2O/c1-10-15-16(22)20(11-7-8-14(23-2)17-9-11)19-21(15)13-6-4-3-5-12(13)18-10;/h3-9H,1-2H3;1H2. The van der Waals surface area contributed by atoms with Gasteiger partial charge in [0.05, 0.1) is 19.0 Å². The Labute approximate surface area is 136 Å². The van der Waals surface area contributed by atoms with E-state index < -0.39 is 0 Å². The van der Waals surface area contributed by atoms with Gasteiger partial charge >= 0.3 is 5.88 Å². The number of para-hydroxylation sites is 2. The molecule has 0 aliphatic heterocycles. The van der Waals surface area contributed by atoms with Crippen LogP contribution in [0.1, 0.15) is 5.69 Å². The minimum Gasteiger partial charge on any atom is -0.870 e. The highest BCUT2D eigenvalue weighted by molar-refractivity contribution is 5.74. The molecule has 0 amide bonds. The van der Waals surface area contributed by atoms with Crippen molar-refractivity contribution in [2.75, 3.05) is 7.11 Å². The lowest BCUT2D eigenvalue weighted by Gasteiger charge is -1.97. The molecule has 0 aliphatic carbocycles. The van der Waals surface area contributed by atoms with Crippen LogP contribution in [-0.2, 0) is 0 Å². The fourth-order valence-corrected chi connectivity index (χ4v) is 2.62. The molecule has 4 rings (SSSR count). The zero-order valence-electron chi connectivity index (χ0n) is 13.1. The van der Waals surface area contributed by atoms with Gasteiger partial charge in [-0.3, -0.25) is 0 Å². The van der Waals surface area contributed by atoms with Crippen molar-refractivity contribution >= 4 is 16.6 Å². The molecule has 3 aromatic heterocycles. The van der Waals surface area contributed by atoms with Gasteiger partial charge in [-0.15, -0.1) is 0 Å². The third-order valence-corrected chi connectivity index (χ3v) is 3.72. The molecule has 8 heteroatoms. The molecule has 4 aromatic rings. The summed E-state index contributed by atoms with van der Waals surface area (Å²) in [6.07, 6.45) is 1.59. The van der Waals surface area contributed by atoms with Gasteiger partial charge in [-0.05, 0) is 25.1 Å². The maximum Gasteiger partial charge on any atom is 0.361 e. The van der Waals surface area contributed by atoms with E-state index in [0.717, 1.165) is 11.0 Å². The van der Waals surface area contributed by atoms with Crippen LogP contribution >= 0.6 is 0 Å². The average Bonchev–Trinajstić information content (AvgIpc) is 2.93. The van der Waals surface area contributed by atoms with Crippen molar-refractivity contribution in [3.8, 4) is 17.4 Å². The number of methoxy groups -OCH3 is 1. The van der Waals surface area contributed by atoms with Crippen LogP contribution in [0.5, 0.6) is 11.8 Å². The molecule has 2 N–H and O–H groups in total. The maximum atomic E-state index is 10.6. The topological polar surface area (TPSA) is 107 Å². The number of rotatable bonds is 2. The van der Waals surface area contributed by atoms with Gasteiger partial charge in [-0.25, -0.2) is 9.97 Å². The van der Waals surface area contributed by atoms with Crippen molar-refractivity contribution in [3.05, 3.63) is 48.3 Å². The first-order valence-electron chi connectivity index (χ1n) is 7.09. The molecule has 3 heterocycles. The molecule has 0 radical (unpaired) electrons. The maximum absolute atomic E-state index is 10.6. The second kappa shape index (κ2) is 5.74. The number of pyridine rings is 1. The number of aryl methyl sites for hydroxylation is 1. The predicted octanol–water partition coefficient (Wildman–Crippen LogP) is 1.40. The summed E-state index contributed by atoms with van der Waals surface area (Å²) in [5, 5.41) is 15.1. The SMILES string of the molecule is COc1ccc(-n2n[n+]3c(c(C)nc4ccccc43)c2O)cn1.[OH-].